The Morgan fingerprint density at radius 1 is 0.853 bits per heavy atom. The molecule has 5 rings (SSSR count). The van der Waals surface area contributed by atoms with Gasteiger partial charge in [-0.05, 0) is 38.1 Å². The number of aromatic nitrogens is 3. The number of hydrogen-bond donors (Lipinski definition) is 0. The average Bonchev–Trinajstić information content (AvgIpc) is 3.28. The van der Waals surface area contributed by atoms with Crippen LogP contribution in [0.3, 0.4) is 0 Å². The van der Waals surface area contributed by atoms with E-state index in [4.69, 9.17) is 4.98 Å². The molecule has 2 amide bonds. The molecule has 0 saturated carbocycles. The second-order valence-electron chi connectivity index (χ2n) is 9.12. The fraction of sp³-hybridized carbons (Fsp3) is 0.385. The lowest BCUT2D eigenvalue weighted by Gasteiger charge is -2.36. The van der Waals surface area contributed by atoms with Crippen molar-refractivity contribution < 1.29 is 9.59 Å². The summed E-state index contributed by atoms with van der Waals surface area (Å²) in [6.45, 7) is 8.07. The van der Waals surface area contributed by atoms with E-state index in [0.29, 0.717) is 44.0 Å². The van der Waals surface area contributed by atoms with Gasteiger partial charge in [-0.2, -0.15) is 0 Å². The molecule has 0 aliphatic carbocycles. The molecule has 8 heteroatoms. The van der Waals surface area contributed by atoms with Crippen LogP contribution in [0.2, 0.25) is 0 Å². The molecule has 176 valence electrons. The van der Waals surface area contributed by atoms with Crippen LogP contribution in [0.4, 0.5) is 5.69 Å². The Kier molecular flexibility index (Phi) is 6.04. The number of nitrogens with zero attached hydrogens (tertiary/aromatic N) is 6. The van der Waals surface area contributed by atoms with Crippen molar-refractivity contribution in [3.63, 3.8) is 0 Å². The van der Waals surface area contributed by atoms with E-state index < -0.39 is 0 Å². The molecule has 0 atom stereocenters. The Hall–Kier alpha value is -3.68. The van der Waals surface area contributed by atoms with E-state index in [1.165, 1.54) is 0 Å². The minimum atomic E-state index is -0.0292. The van der Waals surface area contributed by atoms with Crippen molar-refractivity contribution in [1.29, 1.82) is 0 Å². The van der Waals surface area contributed by atoms with Gasteiger partial charge in [0, 0.05) is 74.5 Å². The summed E-state index contributed by atoms with van der Waals surface area (Å²) in [5.74, 6) is 0.468. The summed E-state index contributed by atoms with van der Waals surface area (Å²) in [5, 5.41) is 0. The van der Waals surface area contributed by atoms with Gasteiger partial charge in [-0.3, -0.25) is 14.6 Å². The zero-order chi connectivity index (χ0) is 23.7. The number of fused-ring (bicyclic) bond motifs is 1. The Labute approximate surface area is 199 Å². The first-order chi connectivity index (χ1) is 16.5. The van der Waals surface area contributed by atoms with Crippen molar-refractivity contribution in [3.05, 3.63) is 77.6 Å². The number of piperazine rings is 1. The van der Waals surface area contributed by atoms with Crippen LogP contribution in [0.25, 0.3) is 0 Å². The van der Waals surface area contributed by atoms with Crippen LogP contribution in [-0.4, -0.2) is 68.9 Å². The van der Waals surface area contributed by atoms with E-state index in [0.717, 1.165) is 30.2 Å². The Morgan fingerprint density at radius 3 is 2.24 bits per heavy atom. The fourth-order valence-electron chi connectivity index (χ4n) is 4.91. The average molecular weight is 459 g/mol. The summed E-state index contributed by atoms with van der Waals surface area (Å²) in [7, 11) is 0. The third-order valence-electron chi connectivity index (χ3n) is 6.66. The van der Waals surface area contributed by atoms with Crippen LogP contribution in [0, 0.1) is 0 Å². The van der Waals surface area contributed by atoms with Gasteiger partial charge in [0.15, 0.2) is 5.82 Å². The number of rotatable bonds is 4. The third kappa shape index (κ3) is 4.16. The molecule has 0 unspecified atom stereocenters. The minimum Gasteiger partial charge on any atom is -0.368 e. The van der Waals surface area contributed by atoms with Gasteiger partial charge in [-0.15, -0.1) is 0 Å². The van der Waals surface area contributed by atoms with Gasteiger partial charge in [0.2, 0.25) is 0 Å². The van der Waals surface area contributed by atoms with Gasteiger partial charge in [-0.25, -0.2) is 4.98 Å². The molecule has 0 radical (unpaired) electrons. The normalized spacial score (nSPS) is 16.0. The topological polar surface area (TPSA) is 74.6 Å². The zero-order valence-electron chi connectivity index (χ0n) is 19.7. The highest BCUT2D eigenvalue weighted by Crippen LogP contribution is 2.26. The molecule has 0 N–H and O–H groups in total. The number of pyridine rings is 1. The van der Waals surface area contributed by atoms with Crippen molar-refractivity contribution in [3.8, 4) is 0 Å². The summed E-state index contributed by atoms with van der Waals surface area (Å²) in [5.41, 5.74) is 3.72. The highest BCUT2D eigenvalue weighted by Gasteiger charge is 2.32. The maximum absolute atomic E-state index is 13.6. The molecule has 0 bridgehead atoms. The molecule has 3 aromatic rings. The molecule has 1 aromatic carbocycles. The van der Waals surface area contributed by atoms with Crippen molar-refractivity contribution in [2.45, 2.75) is 32.9 Å². The number of hydrogen-bond acceptors (Lipinski definition) is 5. The molecule has 2 aliphatic rings. The fourth-order valence-corrected chi connectivity index (χ4v) is 4.91. The predicted octanol–water partition coefficient (Wildman–Crippen LogP) is 3.02. The van der Waals surface area contributed by atoms with Crippen LogP contribution >= 0.6 is 0 Å². The van der Waals surface area contributed by atoms with Gasteiger partial charge in [0.1, 0.15) is 0 Å². The summed E-state index contributed by atoms with van der Waals surface area (Å²) < 4.78 is 2.08. The molecule has 1 fully saturated rings. The van der Waals surface area contributed by atoms with Crippen LogP contribution in [0.15, 0.2) is 54.9 Å². The highest BCUT2D eigenvalue weighted by molar-refractivity contribution is 5.94. The summed E-state index contributed by atoms with van der Waals surface area (Å²) >= 11 is 0. The van der Waals surface area contributed by atoms with E-state index in [1.54, 1.807) is 12.4 Å². The Balaban J connectivity index is 1.34. The molecular weight excluding hydrogens is 428 g/mol. The van der Waals surface area contributed by atoms with Gasteiger partial charge in [-0.1, -0.05) is 18.2 Å². The number of anilines is 1. The molecule has 2 aromatic heterocycles. The first kappa shape index (κ1) is 22.1. The number of carbonyl (C=O) groups is 2. The van der Waals surface area contributed by atoms with E-state index >= 15 is 0 Å². The third-order valence-corrected chi connectivity index (χ3v) is 6.66. The molecule has 1 saturated heterocycles. The lowest BCUT2D eigenvalue weighted by atomic mass is 10.1. The molecule has 2 aliphatic heterocycles. The van der Waals surface area contributed by atoms with Crippen molar-refractivity contribution in [2.75, 3.05) is 37.6 Å². The van der Waals surface area contributed by atoms with Gasteiger partial charge in [0.25, 0.3) is 11.8 Å². The van der Waals surface area contributed by atoms with Crippen LogP contribution < -0.4 is 4.90 Å². The lowest BCUT2D eigenvalue weighted by Crippen LogP contribution is -2.49. The quantitative estimate of drug-likeness (QED) is 0.601. The van der Waals surface area contributed by atoms with Gasteiger partial charge >= 0.3 is 0 Å². The smallest absolute Gasteiger partial charge is 0.290 e. The van der Waals surface area contributed by atoms with Crippen LogP contribution in [0.5, 0.6) is 0 Å². The van der Waals surface area contributed by atoms with Crippen molar-refractivity contribution in [1.82, 2.24) is 24.3 Å². The molecule has 34 heavy (non-hydrogen) atoms. The second kappa shape index (κ2) is 9.29. The SMILES string of the molecule is CC(C)n1c(C(=O)N2CCN(c3ccncc3)CC2)nc2c1CCN(C(=O)c1ccccc1)C2. The van der Waals surface area contributed by atoms with Gasteiger partial charge in [0.05, 0.1) is 12.2 Å². The monoisotopic (exact) mass is 458 g/mol. The van der Waals surface area contributed by atoms with E-state index in [-0.39, 0.29) is 17.9 Å². The van der Waals surface area contributed by atoms with Crippen LogP contribution in [0.1, 0.15) is 52.3 Å². The predicted molar refractivity (Wildman–Crippen MR) is 130 cm³/mol. The Morgan fingerprint density at radius 2 is 1.56 bits per heavy atom. The number of carbonyl (C=O) groups excluding carboxylic acids is 2. The zero-order valence-corrected chi connectivity index (χ0v) is 19.7. The van der Waals surface area contributed by atoms with Crippen molar-refractivity contribution in [2.24, 2.45) is 0 Å². The Bertz CT molecular complexity index is 1170. The maximum atomic E-state index is 13.6. The summed E-state index contributed by atoms with van der Waals surface area (Å²) in [4.78, 5) is 41.4. The van der Waals surface area contributed by atoms with Crippen LogP contribution in [-0.2, 0) is 13.0 Å². The number of imidazole rings is 1. The second-order valence-corrected chi connectivity index (χ2v) is 9.12. The first-order valence-corrected chi connectivity index (χ1v) is 11.9. The maximum Gasteiger partial charge on any atom is 0.290 e. The van der Waals surface area contributed by atoms with E-state index in [9.17, 15) is 9.59 Å². The summed E-state index contributed by atoms with van der Waals surface area (Å²) in [6, 6.07) is 13.5. The molecule has 0 spiro atoms. The van der Waals surface area contributed by atoms with E-state index in [2.05, 4.69) is 28.3 Å². The van der Waals surface area contributed by atoms with Crippen molar-refractivity contribution >= 4 is 17.5 Å². The molecule has 8 nitrogen and oxygen atoms in total. The number of benzene rings is 1. The minimum absolute atomic E-state index is 0.00505. The highest BCUT2D eigenvalue weighted by atomic mass is 16.2. The lowest BCUT2D eigenvalue weighted by molar-refractivity contribution is 0.0722. The molecular formula is C26H30N6O2. The first-order valence-electron chi connectivity index (χ1n) is 11.9. The van der Waals surface area contributed by atoms with Gasteiger partial charge < -0.3 is 19.3 Å². The molecule has 4 heterocycles. The largest absolute Gasteiger partial charge is 0.368 e. The summed E-state index contributed by atoms with van der Waals surface area (Å²) in [6.07, 6.45) is 4.29. The number of amides is 2. The standard InChI is InChI=1S/C26H30N6O2/c1-19(2)32-23-10-13-31(25(33)20-6-4-3-5-7-20)18-22(23)28-24(32)26(34)30-16-14-29(15-17-30)21-8-11-27-12-9-21/h3-9,11-12,19H,10,13-18H2,1-2H3. The van der Waals surface area contributed by atoms with E-state index in [1.807, 2.05) is 52.3 Å².